The van der Waals surface area contributed by atoms with Gasteiger partial charge < -0.3 is 0 Å². The second-order valence-electron chi connectivity index (χ2n) is 3.90. The van der Waals surface area contributed by atoms with Crippen LogP contribution in [0.4, 0.5) is 0 Å². The van der Waals surface area contributed by atoms with Crippen LogP contribution in [0.25, 0.3) is 10.4 Å². The summed E-state index contributed by atoms with van der Waals surface area (Å²) in [6, 6.07) is 9.71. The van der Waals surface area contributed by atoms with Gasteiger partial charge in [0.05, 0.1) is 4.88 Å². The molecule has 0 aliphatic heterocycles. The van der Waals surface area contributed by atoms with Crippen molar-refractivity contribution in [1.82, 2.24) is 0 Å². The van der Waals surface area contributed by atoms with Crippen LogP contribution in [0.15, 0.2) is 30.3 Å². The summed E-state index contributed by atoms with van der Waals surface area (Å²) in [5, 5.41) is 0.724. The van der Waals surface area contributed by atoms with Gasteiger partial charge in [0.25, 0.3) is 0 Å². The van der Waals surface area contributed by atoms with E-state index in [9.17, 15) is 4.79 Å². The summed E-state index contributed by atoms with van der Waals surface area (Å²) in [6.07, 6.45) is 0.550. The second-order valence-corrected chi connectivity index (χ2v) is 5.42. The van der Waals surface area contributed by atoms with E-state index in [1.54, 1.807) is 0 Å². The molecule has 0 N–H and O–H groups in total. The maximum Gasteiger partial charge on any atom is 0.172 e. The molecule has 0 saturated heterocycles. The molecule has 2 aromatic rings. The lowest BCUT2D eigenvalue weighted by Crippen LogP contribution is -1.90. The van der Waals surface area contributed by atoms with E-state index in [1.165, 1.54) is 16.9 Å². The molecule has 0 atom stereocenters. The predicted molar refractivity (Wildman–Crippen MR) is 74.1 cm³/mol. The lowest BCUT2D eigenvalue weighted by Gasteiger charge is -2.03. The number of halogens is 1. The topological polar surface area (TPSA) is 17.1 Å². The summed E-state index contributed by atoms with van der Waals surface area (Å²) >= 11 is 7.53. The zero-order chi connectivity index (χ0) is 12.4. The number of carbonyl (C=O) groups is 1. The minimum atomic E-state index is 0.195. The first-order chi connectivity index (χ1) is 8.11. The molecule has 0 spiro atoms. The molecule has 1 aromatic carbocycles. The third kappa shape index (κ3) is 2.59. The summed E-state index contributed by atoms with van der Waals surface area (Å²) in [5.41, 5.74) is 2.28. The van der Waals surface area contributed by atoms with E-state index < -0.39 is 0 Å². The van der Waals surface area contributed by atoms with E-state index in [1.807, 2.05) is 44.2 Å². The molecule has 0 amide bonds. The molecule has 0 radical (unpaired) electrons. The number of aryl methyl sites for hydroxylation is 1. The van der Waals surface area contributed by atoms with Crippen LogP contribution < -0.4 is 0 Å². The highest BCUT2D eigenvalue weighted by Gasteiger charge is 2.10. The quantitative estimate of drug-likeness (QED) is 0.716. The Morgan fingerprint density at radius 2 is 2.06 bits per heavy atom. The molecule has 0 aliphatic rings. The molecule has 17 heavy (non-hydrogen) atoms. The molecule has 0 unspecified atom stereocenters. The normalized spacial score (nSPS) is 10.5. The molecule has 2 rings (SSSR count). The fourth-order valence-electron chi connectivity index (χ4n) is 1.67. The Labute approximate surface area is 110 Å². The van der Waals surface area contributed by atoms with Crippen LogP contribution in [0, 0.1) is 6.92 Å². The Balaban J connectivity index is 2.43. The van der Waals surface area contributed by atoms with Crippen LogP contribution in [0.5, 0.6) is 0 Å². The minimum absolute atomic E-state index is 0.195. The van der Waals surface area contributed by atoms with Gasteiger partial charge in [0.1, 0.15) is 0 Å². The number of thiophene rings is 1. The number of hydrogen-bond donors (Lipinski definition) is 0. The van der Waals surface area contributed by atoms with E-state index in [-0.39, 0.29) is 5.78 Å². The van der Waals surface area contributed by atoms with Crippen molar-refractivity contribution in [2.75, 3.05) is 0 Å². The molecule has 0 fully saturated rings. The number of benzene rings is 1. The van der Waals surface area contributed by atoms with Crippen molar-refractivity contribution in [2.24, 2.45) is 0 Å². The number of Topliss-reactive ketones (excluding diaryl/α,β-unsaturated/α-hetero) is 1. The van der Waals surface area contributed by atoms with E-state index in [4.69, 9.17) is 11.6 Å². The third-order valence-corrected chi connectivity index (χ3v) is 4.06. The summed E-state index contributed by atoms with van der Waals surface area (Å²) in [5.74, 6) is 0.195. The Bertz CT molecular complexity index is 557. The van der Waals surface area contributed by atoms with Gasteiger partial charge in [-0.3, -0.25) is 4.79 Å². The number of ketones is 1. The Hall–Kier alpha value is -1.12. The van der Waals surface area contributed by atoms with Gasteiger partial charge in [-0.15, -0.1) is 11.3 Å². The van der Waals surface area contributed by atoms with E-state index in [2.05, 4.69) is 0 Å². The average molecular weight is 265 g/mol. The Morgan fingerprint density at radius 1 is 1.29 bits per heavy atom. The van der Waals surface area contributed by atoms with Crippen molar-refractivity contribution < 1.29 is 4.79 Å². The van der Waals surface area contributed by atoms with Crippen LogP contribution in [0.2, 0.25) is 5.02 Å². The SMILES string of the molecule is CCC(=O)c1ccc(-c2cc(Cl)ccc2C)s1. The molecule has 88 valence electrons. The minimum Gasteiger partial charge on any atom is -0.293 e. The maximum atomic E-state index is 11.6. The number of rotatable bonds is 3. The molecular weight excluding hydrogens is 252 g/mol. The third-order valence-electron chi connectivity index (χ3n) is 2.67. The van der Waals surface area contributed by atoms with Gasteiger partial charge in [0, 0.05) is 16.3 Å². The van der Waals surface area contributed by atoms with Crippen molar-refractivity contribution in [3.05, 3.63) is 45.8 Å². The average Bonchev–Trinajstić information content (AvgIpc) is 2.80. The van der Waals surface area contributed by atoms with Gasteiger partial charge in [-0.2, -0.15) is 0 Å². The van der Waals surface area contributed by atoms with Crippen molar-refractivity contribution in [1.29, 1.82) is 0 Å². The molecular formula is C14H13ClOS. The Morgan fingerprint density at radius 3 is 2.76 bits per heavy atom. The fraction of sp³-hybridized carbons (Fsp3) is 0.214. The molecule has 0 bridgehead atoms. The van der Waals surface area contributed by atoms with Crippen molar-refractivity contribution in [2.45, 2.75) is 20.3 Å². The zero-order valence-electron chi connectivity index (χ0n) is 9.79. The largest absolute Gasteiger partial charge is 0.293 e. The summed E-state index contributed by atoms with van der Waals surface area (Å²) in [6.45, 7) is 3.93. The van der Waals surface area contributed by atoms with Gasteiger partial charge in [-0.25, -0.2) is 0 Å². The van der Waals surface area contributed by atoms with E-state index in [0.29, 0.717) is 6.42 Å². The first-order valence-corrected chi connectivity index (χ1v) is 6.71. The summed E-state index contributed by atoms with van der Waals surface area (Å²) in [7, 11) is 0. The molecule has 1 heterocycles. The van der Waals surface area contributed by atoms with Gasteiger partial charge in [0.2, 0.25) is 0 Å². The summed E-state index contributed by atoms with van der Waals surface area (Å²) < 4.78 is 0. The lowest BCUT2D eigenvalue weighted by atomic mass is 10.1. The zero-order valence-corrected chi connectivity index (χ0v) is 11.4. The van der Waals surface area contributed by atoms with Crippen molar-refractivity contribution >= 4 is 28.7 Å². The molecule has 1 nitrogen and oxygen atoms in total. The predicted octanol–water partition coefficient (Wildman–Crippen LogP) is 4.97. The van der Waals surface area contributed by atoms with Crippen molar-refractivity contribution in [3.63, 3.8) is 0 Å². The Kier molecular flexibility index (Phi) is 3.65. The monoisotopic (exact) mass is 264 g/mol. The van der Waals surface area contributed by atoms with Gasteiger partial charge in [-0.1, -0.05) is 24.6 Å². The van der Waals surface area contributed by atoms with Crippen LogP contribution >= 0.6 is 22.9 Å². The highest BCUT2D eigenvalue weighted by molar-refractivity contribution is 7.17. The fourth-order valence-corrected chi connectivity index (χ4v) is 2.94. The molecule has 1 aromatic heterocycles. The first-order valence-electron chi connectivity index (χ1n) is 5.51. The second kappa shape index (κ2) is 5.03. The lowest BCUT2D eigenvalue weighted by molar-refractivity contribution is 0.0992. The van der Waals surface area contributed by atoms with Crippen molar-refractivity contribution in [3.8, 4) is 10.4 Å². The van der Waals surface area contributed by atoms with Gasteiger partial charge in [-0.05, 0) is 42.3 Å². The standard InChI is InChI=1S/C14H13ClOS/c1-3-12(16)14-7-6-13(17-14)11-8-10(15)5-4-9(11)2/h4-8H,3H2,1-2H3. The maximum absolute atomic E-state index is 11.6. The highest BCUT2D eigenvalue weighted by Crippen LogP contribution is 2.32. The van der Waals surface area contributed by atoms with Gasteiger partial charge >= 0.3 is 0 Å². The molecule has 0 aliphatic carbocycles. The van der Waals surface area contributed by atoms with E-state index >= 15 is 0 Å². The number of carbonyl (C=O) groups excluding carboxylic acids is 1. The van der Waals surface area contributed by atoms with Crippen LogP contribution in [0.3, 0.4) is 0 Å². The molecule has 3 heteroatoms. The highest BCUT2D eigenvalue weighted by atomic mass is 35.5. The smallest absolute Gasteiger partial charge is 0.172 e. The van der Waals surface area contributed by atoms with E-state index in [0.717, 1.165) is 20.3 Å². The molecule has 0 saturated carbocycles. The first kappa shape index (κ1) is 12.3. The number of hydrogen-bond acceptors (Lipinski definition) is 2. The van der Waals surface area contributed by atoms with Gasteiger partial charge in [0.15, 0.2) is 5.78 Å². The summed E-state index contributed by atoms with van der Waals surface area (Å²) in [4.78, 5) is 13.5. The van der Waals surface area contributed by atoms with Crippen LogP contribution in [-0.4, -0.2) is 5.78 Å². The van der Waals surface area contributed by atoms with Crippen LogP contribution in [0.1, 0.15) is 28.6 Å². The van der Waals surface area contributed by atoms with Crippen LogP contribution in [-0.2, 0) is 0 Å².